The smallest absolute Gasteiger partial charge is 0.107 e. The van der Waals surface area contributed by atoms with Crippen LogP contribution in [0.5, 0.6) is 0 Å². The molecule has 1 heterocycles. The lowest BCUT2D eigenvalue weighted by molar-refractivity contribution is 0.0386. The van der Waals surface area contributed by atoms with E-state index in [9.17, 15) is 4.39 Å². The Bertz CT molecular complexity index is 127. The third-order valence-corrected chi connectivity index (χ3v) is 2.07. The highest BCUT2D eigenvalue weighted by Gasteiger charge is 2.18. The number of hydrogen-bond donors (Lipinski definition) is 1. The van der Waals surface area contributed by atoms with Crippen molar-refractivity contribution < 1.29 is 9.13 Å². The fourth-order valence-electron chi connectivity index (χ4n) is 1.24. The van der Waals surface area contributed by atoms with Crippen LogP contribution in [0.2, 0.25) is 0 Å². The number of halogens is 1. The average molecular weight is 175 g/mol. The molecule has 1 fully saturated rings. The van der Waals surface area contributed by atoms with Gasteiger partial charge in [0.15, 0.2) is 0 Å². The Morgan fingerprint density at radius 2 is 2.33 bits per heavy atom. The zero-order valence-corrected chi connectivity index (χ0v) is 7.90. The zero-order valence-electron chi connectivity index (χ0n) is 7.90. The summed E-state index contributed by atoms with van der Waals surface area (Å²) in [5.74, 6) is 0. The molecule has 0 aromatic heterocycles. The minimum absolute atomic E-state index is 0.312. The minimum atomic E-state index is -1.09. The van der Waals surface area contributed by atoms with Gasteiger partial charge in [0, 0.05) is 13.0 Å². The number of nitrogens with one attached hydrogen (secondary N) is 1. The standard InChI is InChI=1S/C9H18FNO/c1-9(2,10)4-6-12-8-3-5-11-7-8/h8,11H,3-7H2,1-2H3. The third-order valence-electron chi connectivity index (χ3n) is 2.07. The van der Waals surface area contributed by atoms with E-state index in [1.54, 1.807) is 13.8 Å². The van der Waals surface area contributed by atoms with Crippen LogP contribution in [0.4, 0.5) is 4.39 Å². The van der Waals surface area contributed by atoms with Gasteiger partial charge < -0.3 is 10.1 Å². The van der Waals surface area contributed by atoms with Crippen LogP contribution in [-0.2, 0) is 4.74 Å². The van der Waals surface area contributed by atoms with Gasteiger partial charge in [-0.15, -0.1) is 0 Å². The summed E-state index contributed by atoms with van der Waals surface area (Å²) in [6.07, 6.45) is 1.86. The lowest BCUT2D eigenvalue weighted by Gasteiger charge is -2.16. The summed E-state index contributed by atoms with van der Waals surface area (Å²) in [4.78, 5) is 0. The molecule has 0 aliphatic carbocycles. The molecule has 3 heteroatoms. The van der Waals surface area contributed by atoms with Gasteiger partial charge in [-0.2, -0.15) is 0 Å². The van der Waals surface area contributed by atoms with Crippen molar-refractivity contribution in [2.75, 3.05) is 19.7 Å². The van der Waals surface area contributed by atoms with Crippen molar-refractivity contribution in [2.24, 2.45) is 0 Å². The topological polar surface area (TPSA) is 21.3 Å². The highest BCUT2D eigenvalue weighted by atomic mass is 19.1. The van der Waals surface area contributed by atoms with Crippen molar-refractivity contribution in [3.05, 3.63) is 0 Å². The van der Waals surface area contributed by atoms with E-state index >= 15 is 0 Å². The van der Waals surface area contributed by atoms with E-state index in [0.717, 1.165) is 19.5 Å². The van der Waals surface area contributed by atoms with E-state index in [4.69, 9.17) is 4.74 Å². The summed E-state index contributed by atoms with van der Waals surface area (Å²) >= 11 is 0. The van der Waals surface area contributed by atoms with Crippen molar-refractivity contribution in [3.63, 3.8) is 0 Å². The van der Waals surface area contributed by atoms with Crippen molar-refractivity contribution in [1.82, 2.24) is 5.32 Å². The van der Waals surface area contributed by atoms with E-state index in [1.165, 1.54) is 0 Å². The first-order valence-corrected chi connectivity index (χ1v) is 4.59. The number of ether oxygens (including phenoxy) is 1. The monoisotopic (exact) mass is 175 g/mol. The number of rotatable bonds is 4. The maximum Gasteiger partial charge on any atom is 0.107 e. The lowest BCUT2D eigenvalue weighted by Crippen LogP contribution is -2.21. The Morgan fingerprint density at radius 3 is 2.83 bits per heavy atom. The summed E-state index contributed by atoms with van der Waals surface area (Å²) in [5.41, 5.74) is -1.09. The van der Waals surface area contributed by atoms with Crippen LogP contribution in [0.3, 0.4) is 0 Å². The van der Waals surface area contributed by atoms with Gasteiger partial charge in [0.25, 0.3) is 0 Å². The normalized spacial score (nSPS) is 24.8. The molecule has 0 amide bonds. The summed E-state index contributed by atoms with van der Waals surface area (Å²) in [6, 6.07) is 0. The maximum absolute atomic E-state index is 13.0. The van der Waals surface area contributed by atoms with Gasteiger partial charge >= 0.3 is 0 Å². The highest BCUT2D eigenvalue weighted by Crippen LogP contribution is 2.14. The first-order valence-electron chi connectivity index (χ1n) is 4.59. The molecule has 0 spiro atoms. The van der Waals surface area contributed by atoms with Crippen LogP contribution in [0.1, 0.15) is 26.7 Å². The third kappa shape index (κ3) is 4.02. The van der Waals surface area contributed by atoms with Crippen LogP contribution in [0.25, 0.3) is 0 Å². The van der Waals surface area contributed by atoms with Gasteiger partial charge in [0.2, 0.25) is 0 Å². The van der Waals surface area contributed by atoms with E-state index in [-0.39, 0.29) is 0 Å². The summed E-state index contributed by atoms with van der Waals surface area (Å²) in [5, 5.41) is 3.20. The average Bonchev–Trinajstić information content (AvgIpc) is 2.36. The largest absolute Gasteiger partial charge is 0.377 e. The lowest BCUT2D eigenvalue weighted by atomic mass is 10.1. The van der Waals surface area contributed by atoms with Crippen LogP contribution in [-0.4, -0.2) is 31.5 Å². The molecule has 0 bridgehead atoms. The molecular formula is C9H18FNO. The molecule has 1 aliphatic rings. The Kier molecular flexibility index (Phi) is 3.47. The molecule has 0 aromatic carbocycles. The van der Waals surface area contributed by atoms with E-state index in [2.05, 4.69) is 5.32 Å². The van der Waals surface area contributed by atoms with Crippen molar-refractivity contribution in [3.8, 4) is 0 Å². The second-order valence-corrected chi connectivity index (χ2v) is 3.95. The van der Waals surface area contributed by atoms with Gasteiger partial charge in [-0.3, -0.25) is 0 Å². The zero-order chi connectivity index (χ0) is 9.03. The fourth-order valence-corrected chi connectivity index (χ4v) is 1.24. The Balaban J connectivity index is 2.02. The van der Waals surface area contributed by atoms with Gasteiger partial charge in [0.05, 0.1) is 12.7 Å². The second kappa shape index (κ2) is 4.19. The molecule has 2 nitrogen and oxygen atoms in total. The Labute approximate surface area is 73.5 Å². The van der Waals surface area contributed by atoms with Crippen LogP contribution >= 0.6 is 0 Å². The Morgan fingerprint density at radius 1 is 1.58 bits per heavy atom. The molecule has 12 heavy (non-hydrogen) atoms. The first-order chi connectivity index (χ1) is 5.58. The Hall–Kier alpha value is -0.150. The summed E-state index contributed by atoms with van der Waals surface area (Å²) in [7, 11) is 0. The van der Waals surface area contributed by atoms with E-state index < -0.39 is 5.67 Å². The molecule has 0 saturated carbocycles. The summed E-state index contributed by atoms with van der Waals surface area (Å²) < 4.78 is 18.4. The number of alkyl halides is 1. The molecule has 0 aromatic rings. The van der Waals surface area contributed by atoms with Gasteiger partial charge in [-0.05, 0) is 26.8 Å². The maximum atomic E-state index is 13.0. The predicted octanol–water partition coefficient (Wildman–Crippen LogP) is 1.50. The van der Waals surface area contributed by atoms with Crippen molar-refractivity contribution in [2.45, 2.75) is 38.5 Å². The molecule has 0 radical (unpaired) electrons. The van der Waals surface area contributed by atoms with Crippen molar-refractivity contribution >= 4 is 0 Å². The number of hydrogen-bond acceptors (Lipinski definition) is 2. The summed E-state index contributed by atoms with van der Waals surface area (Å²) in [6.45, 7) is 5.67. The van der Waals surface area contributed by atoms with Crippen LogP contribution < -0.4 is 5.32 Å². The molecule has 1 N–H and O–H groups in total. The van der Waals surface area contributed by atoms with Crippen LogP contribution in [0, 0.1) is 0 Å². The van der Waals surface area contributed by atoms with Crippen molar-refractivity contribution in [1.29, 1.82) is 0 Å². The van der Waals surface area contributed by atoms with Gasteiger partial charge in [-0.1, -0.05) is 0 Å². The highest BCUT2D eigenvalue weighted by molar-refractivity contribution is 4.72. The molecule has 72 valence electrons. The quantitative estimate of drug-likeness (QED) is 0.699. The molecule has 1 saturated heterocycles. The molecule has 1 unspecified atom stereocenters. The van der Waals surface area contributed by atoms with Gasteiger partial charge in [-0.25, -0.2) is 4.39 Å². The molecule has 1 atom stereocenters. The second-order valence-electron chi connectivity index (χ2n) is 3.95. The SMILES string of the molecule is CC(C)(F)CCOC1CCNC1. The molecule has 1 rings (SSSR count). The first kappa shape index (κ1) is 9.93. The molecular weight excluding hydrogens is 157 g/mol. The van der Waals surface area contributed by atoms with Gasteiger partial charge in [0.1, 0.15) is 5.67 Å². The van der Waals surface area contributed by atoms with E-state index in [1.807, 2.05) is 0 Å². The van der Waals surface area contributed by atoms with Crippen LogP contribution in [0.15, 0.2) is 0 Å². The minimum Gasteiger partial charge on any atom is -0.377 e. The molecule has 1 aliphatic heterocycles. The predicted molar refractivity (Wildman–Crippen MR) is 47.0 cm³/mol. The van der Waals surface area contributed by atoms with E-state index in [0.29, 0.717) is 19.1 Å². The fraction of sp³-hybridized carbons (Fsp3) is 1.00.